The number of nitrogens with two attached hydrogens (primary N) is 1. The van der Waals surface area contributed by atoms with Crippen LogP contribution in [0.1, 0.15) is 32.1 Å². The maximum atomic E-state index is 6.37. The first-order valence-electron chi connectivity index (χ1n) is 5.01. The van der Waals surface area contributed by atoms with E-state index in [2.05, 4.69) is 48.8 Å². The van der Waals surface area contributed by atoms with Crippen molar-refractivity contribution < 1.29 is 0 Å². The predicted octanol–water partition coefficient (Wildman–Crippen LogP) is 3.82. The van der Waals surface area contributed by atoms with E-state index in [0.717, 1.165) is 12.8 Å². The summed E-state index contributed by atoms with van der Waals surface area (Å²) in [5.74, 6) is 0.522. The molecule has 0 aromatic carbocycles. The first kappa shape index (κ1) is 12.2. The van der Waals surface area contributed by atoms with Crippen LogP contribution >= 0.6 is 27.3 Å². The van der Waals surface area contributed by atoms with Crippen LogP contribution in [0, 0.1) is 5.92 Å². The minimum Gasteiger partial charge on any atom is -0.325 e. The molecular formula is C11H18BrNS. The summed E-state index contributed by atoms with van der Waals surface area (Å²) in [5, 5.41) is 0. The molecule has 0 fully saturated rings. The zero-order valence-electron chi connectivity index (χ0n) is 9.01. The molecule has 1 aromatic heterocycles. The fourth-order valence-electron chi connectivity index (χ4n) is 1.51. The van der Waals surface area contributed by atoms with Gasteiger partial charge in [-0.15, -0.1) is 11.3 Å². The van der Waals surface area contributed by atoms with E-state index in [1.807, 2.05) is 0 Å². The fourth-order valence-corrected chi connectivity index (χ4v) is 3.13. The summed E-state index contributed by atoms with van der Waals surface area (Å²) < 4.78 is 1.19. The average molecular weight is 276 g/mol. The molecule has 1 aromatic rings. The van der Waals surface area contributed by atoms with Crippen LogP contribution in [-0.4, -0.2) is 5.54 Å². The Bertz CT molecular complexity index is 295. The minimum absolute atomic E-state index is 0.0513. The van der Waals surface area contributed by atoms with Gasteiger partial charge in [-0.05, 0) is 40.4 Å². The van der Waals surface area contributed by atoms with E-state index in [4.69, 9.17) is 5.73 Å². The van der Waals surface area contributed by atoms with Crippen LogP contribution in [0.25, 0.3) is 0 Å². The van der Waals surface area contributed by atoms with Crippen molar-refractivity contribution in [2.24, 2.45) is 11.7 Å². The third kappa shape index (κ3) is 2.81. The Kier molecular flexibility index (Phi) is 4.16. The van der Waals surface area contributed by atoms with Crippen molar-refractivity contribution in [3.8, 4) is 0 Å². The summed E-state index contributed by atoms with van der Waals surface area (Å²) in [6.45, 7) is 6.57. The van der Waals surface area contributed by atoms with Crippen molar-refractivity contribution in [2.45, 2.75) is 39.2 Å². The monoisotopic (exact) mass is 275 g/mol. The van der Waals surface area contributed by atoms with Crippen LogP contribution in [0.4, 0.5) is 0 Å². The molecule has 0 aliphatic heterocycles. The molecule has 1 atom stereocenters. The molecule has 2 N–H and O–H groups in total. The van der Waals surface area contributed by atoms with Crippen molar-refractivity contribution in [2.75, 3.05) is 0 Å². The zero-order valence-corrected chi connectivity index (χ0v) is 11.4. The Morgan fingerprint density at radius 2 is 2.14 bits per heavy atom. The van der Waals surface area contributed by atoms with Crippen molar-refractivity contribution in [3.63, 3.8) is 0 Å². The van der Waals surface area contributed by atoms with Crippen LogP contribution in [0.15, 0.2) is 15.9 Å². The lowest BCUT2D eigenvalue weighted by Crippen LogP contribution is -2.46. The lowest BCUT2D eigenvalue weighted by Gasteiger charge is -2.32. The van der Waals surface area contributed by atoms with Crippen molar-refractivity contribution in [3.05, 3.63) is 20.8 Å². The summed E-state index contributed by atoms with van der Waals surface area (Å²) in [6, 6.07) is 4.25. The van der Waals surface area contributed by atoms with Gasteiger partial charge in [-0.25, -0.2) is 0 Å². The Hall–Kier alpha value is 0.140. The molecule has 1 unspecified atom stereocenters. The van der Waals surface area contributed by atoms with Gasteiger partial charge < -0.3 is 5.73 Å². The van der Waals surface area contributed by atoms with Gasteiger partial charge in [-0.1, -0.05) is 20.8 Å². The predicted molar refractivity (Wildman–Crippen MR) is 67.8 cm³/mol. The normalized spacial score (nSPS) is 15.9. The van der Waals surface area contributed by atoms with E-state index in [-0.39, 0.29) is 5.54 Å². The van der Waals surface area contributed by atoms with Crippen LogP contribution in [0.2, 0.25) is 0 Å². The van der Waals surface area contributed by atoms with Gasteiger partial charge in [0.25, 0.3) is 0 Å². The number of hydrogen-bond donors (Lipinski definition) is 1. The number of thiophene rings is 1. The fraction of sp³-hybridized carbons (Fsp3) is 0.636. The van der Waals surface area contributed by atoms with Crippen molar-refractivity contribution in [1.29, 1.82) is 0 Å². The third-order valence-corrected chi connectivity index (χ3v) is 4.56. The molecule has 1 nitrogen and oxygen atoms in total. The highest BCUT2D eigenvalue weighted by molar-refractivity contribution is 9.11. The van der Waals surface area contributed by atoms with Gasteiger partial charge in [0.15, 0.2) is 0 Å². The summed E-state index contributed by atoms with van der Waals surface area (Å²) in [5.41, 5.74) is 6.32. The van der Waals surface area contributed by atoms with Crippen LogP contribution in [0.5, 0.6) is 0 Å². The molecule has 1 heterocycles. The quantitative estimate of drug-likeness (QED) is 0.889. The number of halogens is 1. The zero-order chi connectivity index (χ0) is 10.8. The standard InChI is InChI=1S/C11H18BrNS/c1-4-11(13,8(2)3)7-9-5-6-10(12)14-9/h5-6,8H,4,7,13H2,1-3H3. The van der Waals surface area contributed by atoms with E-state index < -0.39 is 0 Å². The maximum absolute atomic E-state index is 6.37. The Morgan fingerprint density at radius 1 is 1.50 bits per heavy atom. The van der Waals surface area contributed by atoms with Crippen LogP contribution in [0.3, 0.4) is 0 Å². The first-order chi connectivity index (χ1) is 6.48. The molecule has 0 amide bonds. The minimum atomic E-state index is -0.0513. The Labute approximate surface area is 98.8 Å². The topological polar surface area (TPSA) is 26.0 Å². The van der Waals surface area contributed by atoms with Crippen molar-refractivity contribution >= 4 is 27.3 Å². The lowest BCUT2D eigenvalue weighted by molar-refractivity contribution is 0.298. The van der Waals surface area contributed by atoms with Gasteiger partial charge in [0, 0.05) is 16.8 Å². The highest BCUT2D eigenvalue weighted by Crippen LogP contribution is 2.29. The first-order valence-corrected chi connectivity index (χ1v) is 6.62. The Balaban J connectivity index is 2.75. The largest absolute Gasteiger partial charge is 0.325 e. The third-order valence-electron chi connectivity index (χ3n) is 2.94. The molecule has 1 rings (SSSR count). The smallest absolute Gasteiger partial charge is 0.0701 e. The molecule has 0 saturated carbocycles. The highest BCUT2D eigenvalue weighted by Gasteiger charge is 2.27. The second-order valence-corrected chi connectivity index (χ2v) is 6.67. The molecule has 3 heteroatoms. The van der Waals surface area contributed by atoms with E-state index in [9.17, 15) is 0 Å². The van der Waals surface area contributed by atoms with E-state index in [1.165, 1.54) is 8.66 Å². The van der Waals surface area contributed by atoms with Gasteiger partial charge in [0.1, 0.15) is 0 Å². The SMILES string of the molecule is CCC(N)(Cc1ccc(Br)s1)C(C)C. The summed E-state index contributed by atoms with van der Waals surface area (Å²) in [4.78, 5) is 1.37. The molecule has 0 aliphatic rings. The molecule has 80 valence electrons. The second-order valence-electron chi connectivity index (χ2n) is 4.12. The van der Waals surface area contributed by atoms with Gasteiger partial charge in [0.05, 0.1) is 3.79 Å². The molecule has 14 heavy (non-hydrogen) atoms. The van der Waals surface area contributed by atoms with Gasteiger partial charge in [-0.3, -0.25) is 0 Å². The highest BCUT2D eigenvalue weighted by atomic mass is 79.9. The molecule has 0 spiro atoms. The van der Waals surface area contributed by atoms with Gasteiger partial charge in [0.2, 0.25) is 0 Å². The van der Waals surface area contributed by atoms with E-state index in [1.54, 1.807) is 11.3 Å². The summed E-state index contributed by atoms with van der Waals surface area (Å²) in [6.07, 6.45) is 2.01. The number of rotatable bonds is 4. The van der Waals surface area contributed by atoms with Crippen molar-refractivity contribution in [1.82, 2.24) is 0 Å². The van der Waals surface area contributed by atoms with E-state index in [0.29, 0.717) is 5.92 Å². The van der Waals surface area contributed by atoms with E-state index >= 15 is 0 Å². The van der Waals surface area contributed by atoms with Gasteiger partial charge >= 0.3 is 0 Å². The van der Waals surface area contributed by atoms with Crippen LogP contribution in [-0.2, 0) is 6.42 Å². The van der Waals surface area contributed by atoms with Crippen LogP contribution < -0.4 is 5.73 Å². The molecule has 0 aliphatic carbocycles. The second kappa shape index (κ2) is 4.77. The molecule has 0 saturated heterocycles. The van der Waals surface area contributed by atoms with Gasteiger partial charge in [-0.2, -0.15) is 0 Å². The summed E-state index contributed by atoms with van der Waals surface area (Å²) >= 11 is 5.26. The molecule has 0 bridgehead atoms. The molecular weight excluding hydrogens is 258 g/mol. The summed E-state index contributed by atoms with van der Waals surface area (Å²) in [7, 11) is 0. The number of hydrogen-bond acceptors (Lipinski definition) is 2. The average Bonchev–Trinajstić information content (AvgIpc) is 2.50. The Morgan fingerprint density at radius 3 is 2.50 bits per heavy atom. The lowest BCUT2D eigenvalue weighted by atomic mass is 9.81. The molecule has 0 radical (unpaired) electrons. The maximum Gasteiger partial charge on any atom is 0.0701 e.